The third-order valence-corrected chi connectivity index (χ3v) is 6.35. The number of rotatable bonds is 5. The Hall–Kier alpha value is -2.19. The SMILES string of the molecule is Cc1cc(C(=O)N2CCCN(S(=O)(=O)CCc3ccccc3)CC2)no1. The van der Waals surface area contributed by atoms with Crippen LogP contribution in [0.2, 0.25) is 0 Å². The number of carbonyl (C=O) groups is 1. The van der Waals surface area contributed by atoms with E-state index in [-0.39, 0.29) is 17.4 Å². The molecule has 0 aliphatic carbocycles. The molecule has 1 aromatic heterocycles. The summed E-state index contributed by atoms with van der Waals surface area (Å²) in [6, 6.07) is 11.2. The van der Waals surface area contributed by atoms with Gasteiger partial charge in [0.15, 0.2) is 5.69 Å². The summed E-state index contributed by atoms with van der Waals surface area (Å²) in [5.41, 5.74) is 1.27. The molecule has 1 aromatic carbocycles. The van der Waals surface area contributed by atoms with Crippen molar-refractivity contribution in [2.24, 2.45) is 0 Å². The van der Waals surface area contributed by atoms with Crippen LogP contribution < -0.4 is 0 Å². The Morgan fingerprint density at radius 2 is 1.92 bits per heavy atom. The highest BCUT2D eigenvalue weighted by Gasteiger charge is 2.28. The van der Waals surface area contributed by atoms with Crippen LogP contribution in [0.1, 0.15) is 28.2 Å². The van der Waals surface area contributed by atoms with Gasteiger partial charge in [0, 0.05) is 32.2 Å². The predicted molar refractivity (Wildman–Crippen MR) is 97.3 cm³/mol. The molecule has 140 valence electrons. The normalized spacial score (nSPS) is 16.4. The van der Waals surface area contributed by atoms with Gasteiger partial charge in [0.05, 0.1) is 5.75 Å². The van der Waals surface area contributed by atoms with Crippen LogP contribution in [-0.4, -0.2) is 60.6 Å². The number of benzene rings is 1. The van der Waals surface area contributed by atoms with E-state index in [4.69, 9.17) is 4.52 Å². The standard InChI is InChI=1S/C18H23N3O4S/c1-15-14-17(19-25-15)18(22)20-9-5-10-21(12-11-20)26(23,24)13-8-16-6-3-2-4-7-16/h2-4,6-7,14H,5,8-13H2,1H3. The maximum absolute atomic E-state index is 12.7. The summed E-state index contributed by atoms with van der Waals surface area (Å²) in [6.07, 6.45) is 1.09. The maximum atomic E-state index is 12.7. The zero-order valence-corrected chi connectivity index (χ0v) is 15.6. The van der Waals surface area contributed by atoms with Crippen molar-refractivity contribution in [3.8, 4) is 0 Å². The summed E-state index contributed by atoms with van der Waals surface area (Å²) < 4.78 is 31.8. The van der Waals surface area contributed by atoms with Crippen molar-refractivity contribution in [2.75, 3.05) is 31.9 Å². The fourth-order valence-electron chi connectivity index (χ4n) is 3.02. The molecule has 1 aliphatic rings. The molecular formula is C18H23N3O4S. The Balaban J connectivity index is 1.59. The van der Waals surface area contributed by atoms with Gasteiger partial charge in [-0.3, -0.25) is 4.79 Å². The molecule has 3 rings (SSSR count). The molecule has 0 spiro atoms. The molecule has 0 atom stereocenters. The molecule has 1 fully saturated rings. The van der Waals surface area contributed by atoms with Gasteiger partial charge in [0.1, 0.15) is 5.76 Å². The third-order valence-electron chi connectivity index (χ3n) is 4.47. The first-order chi connectivity index (χ1) is 12.5. The first-order valence-corrected chi connectivity index (χ1v) is 10.3. The quantitative estimate of drug-likeness (QED) is 0.792. The first kappa shape index (κ1) is 18.6. The summed E-state index contributed by atoms with van der Waals surface area (Å²) in [4.78, 5) is 14.1. The van der Waals surface area contributed by atoms with Crippen molar-refractivity contribution < 1.29 is 17.7 Å². The third kappa shape index (κ3) is 4.50. The minimum absolute atomic E-state index is 0.0768. The number of nitrogens with zero attached hydrogens (tertiary/aromatic N) is 3. The highest BCUT2D eigenvalue weighted by Crippen LogP contribution is 2.13. The average Bonchev–Trinajstić information content (AvgIpc) is 2.92. The molecule has 1 amide bonds. The number of carbonyl (C=O) groups excluding carboxylic acids is 1. The molecule has 1 saturated heterocycles. The summed E-state index contributed by atoms with van der Waals surface area (Å²) in [5, 5.41) is 3.75. The summed E-state index contributed by atoms with van der Waals surface area (Å²) in [6.45, 7) is 3.33. The van der Waals surface area contributed by atoms with Crippen LogP contribution in [0.15, 0.2) is 40.9 Å². The molecule has 0 unspecified atom stereocenters. The van der Waals surface area contributed by atoms with Gasteiger partial charge in [0.2, 0.25) is 10.0 Å². The second-order valence-corrected chi connectivity index (χ2v) is 8.51. The van der Waals surface area contributed by atoms with Crippen LogP contribution in [0.5, 0.6) is 0 Å². The summed E-state index contributed by atoms with van der Waals surface area (Å²) in [7, 11) is -3.35. The van der Waals surface area contributed by atoms with Crippen LogP contribution >= 0.6 is 0 Å². The number of hydrogen-bond donors (Lipinski definition) is 0. The lowest BCUT2D eigenvalue weighted by atomic mass is 10.2. The van der Waals surface area contributed by atoms with E-state index in [1.807, 2.05) is 30.3 Å². The maximum Gasteiger partial charge on any atom is 0.276 e. The van der Waals surface area contributed by atoms with Gasteiger partial charge in [-0.1, -0.05) is 35.5 Å². The lowest BCUT2D eigenvalue weighted by Crippen LogP contribution is -2.38. The Labute approximate surface area is 153 Å². The van der Waals surface area contributed by atoms with Crippen LogP contribution in [0, 0.1) is 6.92 Å². The number of sulfonamides is 1. The van der Waals surface area contributed by atoms with E-state index in [1.165, 1.54) is 4.31 Å². The van der Waals surface area contributed by atoms with E-state index in [1.54, 1.807) is 17.9 Å². The molecule has 0 N–H and O–H groups in total. The highest BCUT2D eigenvalue weighted by atomic mass is 32.2. The van der Waals surface area contributed by atoms with Crippen molar-refractivity contribution in [1.82, 2.24) is 14.4 Å². The zero-order chi connectivity index (χ0) is 18.6. The van der Waals surface area contributed by atoms with Crippen molar-refractivity contribution >= 4 is 15.9 Å². The van der Waals surface area contributed by atoms with E-state index in [2.05, 4.69) is 5.16 Å². The van der Waals surface area contributed by atoms with Gasteiger partial charge < -0.3 is 9.42 Å². The molecular weight excluding hydrogens is 354 g/mol. The van der Waals surface area contributed by atoms with E-state index in [0.29, 0.717) is 44.8 Å². The van der Waals surface area contributed by atoms with Gasteiger partial charge in [0.25, 0.3) is 5.91 Å². The van der Waals surface area contributed by atoms with Crippen molar-refractivity contribution in [3.63, 3.8) is 0 Å². The van der Waals surface area contributed by atoms with Crippen molar-refractivity contribution in [3.05, 3.63) is 53.4 Å². The zero-order valence-electron chi connectivity index (χ0n) is 14.8. The molecule has 26 heavy (non-hydrogen) atoms. The molecule has 1 aliphatic heterocycles. The predicted octanol–water partition coefficient (Wildman–Crippen LogP) is 1.70. The average molecular weight is 377 g/mol. The number of hydrogen-bond acceptors (Lipinski definition) is 5. The highest BCUT2D eigenvalue weighted by molar-refractivity contribution is 7.89. The van der Waals surface area contributed by atoms with Gasteiger partial charge >= 0.3 is 0 Å². The number of aromatic nitrogens is 1. The van der Waals surface area contributed by atoms with E-state index >= 15 is 0 Å². The second-order valence-electron chi connectivity index (χ2n) is 6.42. The van der Waals surface area contributed by atoms with Gasteiger partial charge in [-0.05, 0) is 25.3 Å². The summed E-state index contributed by atoms with van der Waals surface area (Å²) >= 11 is 0. The van der Waals surface area contributed by atoms with Crippen molar-refractivity contribution in [1.29, 1.82) is 0 Å². The molecule has 0 radical (unpaired) electrons. The van der Waals surface area contributed by atoms with E-state index < -0.39 is 10.0 Å². The first-order valence-electron chi connectivity index (χ1n) is 8.70. The Kier molecular flexibility index (Phi) is 5.73. The fourth-order valence-corrected chi connectivity index (χ4v) is 4.54. The minimum Gasteiger partial charge on any atom is -0.361 e. The van der Waals surface area contributed by atoms with Crippen molar-refractivity contribution in [2.45, 2.75) is 19.8 Å². The Morgan fingerprint density at radius 3 is 2.62 bits per heavy atom. The lowest BCUT2D eigenvalue weighted by Gasteiger charge is -2.21. The molecule has 8 heteroatoms. The smallest absolute Gasteiger partial charge is 0.276 e. The molecule has 0 bridgehead atoms. The van der Waals surface area contributed by atoms with Crippen LogP contribution in [0.4, 0.5) is 0 Å². The summed E-state index contributed by atoms with van der Waals surface area (Å²) in [5.74, 6) is 0.437. The van der Waals surface area contributed by atoms with E-state index in [0.717, 1.165) is 5.56 Å². The topological polar surface area (TPSA) is 83.7 Å². The molecule has 7 nitrogen and oxygen atoms in total. The fraction of sp³-hybridized carbons (Fsp3) is 0.444. The minimum atomic E-state index is -3.35. The molecule has 2 heterocycles. The number of amides is 1. The molecule has 0 saturated carbocycles. The van der Waals surface area contributed by atoms with Gasteiger partial charge in [-0.25, -0.2) is 12.7 Å². The Morgan fingerprint density at radius 1 is 1.15 bits per heavy atom. The number of aryl methyl sites for hydroxylation is 2. The van der Waals surface area contributed by atoms with Gasteiger partial charge in [-0.15, -0.1) is 0 Å². The van der Waals surface area contributed by atoms with E-state index in [9.17, 15) is 13.2 Å². The Bertz CT molecular complexity index is 848. The second kappa shape index (κ2) is 8.01. The van der Waals surface area contributed by atoms with Crippen LogP contribution in [0.25, 0.3) is 0 Å². The largest absolute Gasteiger partial charge is 0.361 e. The van der Waals surface area contributed by atoms with Crippen LogP contribution in [0.3, 0.4) is 0 Å². The van der Waals surface area contributed by atoms with Crippen LogP contribution in [-0.2, 0) is 16.4 Å². The van der Waals surface area contributed by atoms with Gasteiger partial charge in [-0.2, -0.15) is 0 Å². The monoisotopic (exact) mass is 377 g/mol. The lowest BCUT2D eigenvalue weighted by molar-refractivity contribution is 0.0754. The molecule has 2 aromatic rings.